The first-order valence-corrected chi connectivity index (χ1v) is 12.3. The number of thioether (sulfide) groups is 1. The average molecular weight is 459 g/mol. The van der Waals surface area contributed by atoms with Crippen LogP contribution >= 0.6 is 24.0 Å². The summed E-state index contributed by atoms with van der Waals surface area (Å²) in [6.07, 6.45) is 7.13. The number of nitrogens with zero attached hydrogens (tertiary/aromatic N) is 4. The third-order valence-corrected chi connectivity index (χ3v) is 7.53. The molecule has 31 heavy (non-hydrogen) atoms. The number of hydrogen-bond donors (Lipinski definition) is 0. The van der Waals surface area contributed by atoms with E-state index in [1.807, 2.05) is 33.8 Å². The molecule has 0 N–H and O–H groups in total. The maximum absolute atomic E-state index is 13.2. The summed E-state index contributed by atoms with van der Waals surface area (Å²) in [6.45, 7) is 9.94. The van der Waals surface area contributed by atoms with Crippen LogP contribution in [0.25, 0.3) is 6.08 Å². The molecule has 0 saturated carbocycles. The lowest BCUT2D eigenvalue weighted by Crippen LogP contribution is -2.36. The summed E-state index contributed by atoms with van der Waals surface area (Å²) in [5.41, 5.74) is 1.30. The quantitative estimate of drug-likeness (QED) is 0.480. The molecule has 166 valence electrons. The van der Waals surface area contributed by atoms with Gasteiger partial charge in [0.05, 0.1) is 4.91 Å². The molecule has 6 nitrogen and oxygen atoms in total. The average Bonchev–Trinajstić information content (AvgIpc) is 2.93. The van der Waals surface area contributed by atoms with Gasteiger partial charge in [0, 0.05) is 31.2 Å². The Morgan fingerprint density at radius 2 is 1.84 bits per heavy atom. The Balaban J connectivity index is 2.22. The Kier molecular flexibility index (Phi) is 7.60. The van der Waals surface area contributed by atoms with Gasteiger partial charge < -0.3 is 4.90 Å². The summed E-state index contributed by atoms with van der Waals surface area (Å²) < 4.78 is 2.25. The van der Waals surface area contributed by atoms with Gasteiger partial charge in [0.25, 0.3) is 11.5 Å². The van der Waals surface area contributed by atoms with Crippen molar-refractivity contribution in [3.63, 3.8) is 0 Å². The van der Waals surface area contributed by atoms with Crippen molar-refractivity contribution in [3.8, 4) is 6.07 Å². The summed E-state index contributed by atoms with van der Waals surface area (Å²) in [6, 6.07) is 2.12. The standard InChI is InChI=1S/C23H30N4O2S2/c1-5-15(3)27-22(29)19(31-23(27)30)13-17-16(4)18(14-24)21(28)26(6-2)20(17)25-11-9-7-8-10-12-25/h13,15H,5-12H2,1-4H3/b19-13+. The van der Waals surface area contributed by atoms with Gasteiger partial charge in [0.15, 0.2) is 0 Å². The fourth-order valence-corrected chi connectivity index (χ4v) is 5.68. The van der Waals surface area contributed by atoms with Gasteiger partial charge in [-0.3, -0.25) is 19.1 Å². The molecular formula is C23H30N4O2S2. The highest BCUT2D eigenvalue weighted by Crippen LogP contribution is 2.37. The van der Waals surface area contributed by atoms with Crippen molar-refractivity contribution in [2.45, 2.75) is 72.4 Å². The molecular weight excluding hydrogens is 428 g/mol. The Bertz CT molecular complexity index is 1010. The minimum Gasteiger partial charge on any atom is -0.357 e. The number of nitriles is 1. The van der Waals surface area contributed by atoms with E-state index in [1.165, 1.54) is 24.6 Å². The zero-order chi connectivity index (χ0) is 22.7. The fourth-order valence-electron chi connectivity index (χ4n) is 4.23. The van der Waals surface area contributed by atoms with Crippen molar-refractivity contribution in [3.05, 3.63) is 31.9 Å². The fraction of sp³-hybridized carbons (Fsp3) is 0.565. The van der Waals surface area contributed by atoms with E-state index in [1.54, 1.807) is 9.47 Å². The molecule has 0 radical (unpaired) electrons. The maximum atomic E-state index is 13.2. The SMILES string of the molecule is CCC(C)N1C(=O)/C(=C\c2c(C)c(C#N)c(=O)n(CC)c2N2CCCCCC2)SC1=S. The van der Waals surface area contributed by atoms with Crippen molar-refractivity contribution in [2.24, 2.45) is 0 Å². The van der Waals surface area contributed by atoms with E-state index in [0.717, 1.165) is 43.7 Å². The van der Waals surface area contributed by atoms with E-state index in [9.17, 15) is 14.9 Å². The van der Waals surface area contributed by atoms with E-state index in [-0.39, 0.29) is 23.1 Å². The summed E-state index contributed by atoms with van der Waals surface area (Å²) in [4.78, 5) is 30.7. The largest absolute Gasteiger partial charge is 0.357 e. The first-order chi connectivity index (χ1) is 14.8. The van der Waals surface area contributed by atoms with Crippen LogP contribution in [0, 0.1) is 18.3 Å². The monoisotopic (exact) mass is 458 g/mol. The van der Waals surface area contributed by atoms with Crippen molar-refractivity contribution in [2.75, 3.05) is 18.0 Å². The molecule has 1 amide bonds. The van der Waals surface area contributed by atoms with Crippen molar-refractivity contribution >= 4 is 46.1 Å². The van der Waals surface area contributed by atoms with Crippen LogP contribution in [0.5, 0.6) is 0 Å². The third-order valence-electron chi connectivity index (χ3n) is 6.20. The predicted molar refractivity (Wildman–Crippen MR) is 131 cm³/mol. The van der Waals surface area contributed by atoms with E-state index < -0.39 is 0 Å². The van der Waals surface area contributed by atoms with Crippen LogP contribution in [0.2, 0.25) is 0 Å². The lowest BCUT2D eigenvalue weighted by atomic mass is 10.0. The van der Waals surface area contributed by atoms with Gasteiger partial charge in [-0.2, -0.15) is 5.26 Å². The lowest BCUT2D eigenvalue weighted by molar-refractivity contribution is -0.123. The van der Waals surface area contributed by atoms with E-state index in [2.05, 4.69) is 11.0 Å². The van der Waals surface area contributed by atoms with E-state index >= 15 is 0 Å². The van der Waals surface area contributed by atoms with Crippen LogP contribution in [0.1, 0.15) is 69.6 Å². The number of hydrogen-bond acceptors (Lipinski definition) is 6. The number of aromatic nitrogens is 1. The molecule has 0 aliphatic carbocycles. The molecule has 1 atom stereocenters. The minimum absolute atomic E-state index is 0.0313. The number of thiocarbonyl (C=S) groups is 1. The molecule has 1 aromatic heterocycles. The second kappa shape index (κ2) is 10.0. The molecule has 3 rings (SSSR count). The first kappa shape index (κ1) is 23.6. The zero-order valence-corrected chi connectivity index (χ0v) is 20.4. The van der Waals surface area contributed by atoms with E-state index in [4.69, 9.17) is 12.2 Å². The normalized spacial score (nSPS) is 19.6. The van der Waals surface area contributed by atoms with Crippen molar-refractivity contribution in [1.82, 2.24) is 9.47 Å². The minimum atomic E-state index is -0.258. The molecule has 0 bridgehead atoms. The molecule has 2 aliphatic rings. The summed E-state index contributed by atoms with van der Waals surface area (Å²) in [5, 5.41) is 9.69. The van der Waals surface area contributed by atoms with E-state index in [0.29, 0.717) is 21.3 Å². The third kappa shape index (κ3) is 4.44. The molecule has 2 aliphatic heterocycles. The maximum Gasteiger partial charge on any atom is 0.270 e. The Hall–Kier alpha value is -2.11. The number of rotatable bonds is 5. The molecule has 2 fully saturated rings. The summed E-state index contributed by atoms with van der Waals surface area (Å²) in [5.74, 6) is 0.720. The number of carbonyl (C=O) groups excluding carboxylic acids is 1. The highest BCUT2D eigenvalue weighted by atomic mass is 32.2. The van der Waals surface area contributed by atoms with Gasteiger partial charge in [-0.05, 0) is 51.7 Å². The smallest absolute Gasteiger partial charge is 0.270 e. The van der Waals surface area contributed by atoms with Gasteiger partial charge in [-0.1, -0.05) is 43.7 Å². The number of amides is 1. The molecule has 1 unspecified atom stereocenters. The summed E-state index contributed by atoms with van der Waals surface area (Å²) in [7, 11) is 0. The summed E-state index contributed by atoms with van der Waals surface area (Å²) >= 11 is 6.79. The topological polar surface area (TPSA) is 69.3 Å². The highest BCUT2D eigenvalue weighted by molar-refractivity contribution is 8.26. The van der Waals surface area contributed by atoms with Crippen LogP contribution in [-0.4, -0.2) is 38.8 Å². The molecule has 0 aromatic carbocycles. The second-order valence-electron chi connectivity index (χ2n) is 8.11. The molecule has 2 saturated heterocycles. The second-order valence-corrected chi connectivity index (χ2v) is 9.78. The molecule has 1 aromatic rings. The number of anilines is 1. The van der Waals surface area contributed by atoms with Crippen molar-refractivity contribution < 1.29 is 4.79 Å². The van der Waals surface area contributed by atoms with Crippen LogP contribution in [0.3, 0.4) is 0 Å². The zero-order valence-electron chi connectivity index (χ0n) is 18.7. The van der Waals surface area contributed by atoms with Crippen LogP contribution in [-0.2, 0) is 11.3 Å². The van der Waals surface area contributed by atoms with Gasteiger partial charge in [0.1, 0.15) is 21.8 Å². The Labute approximate surface area is 193 Å². The first-order valence-electron chi connectivity index (χ1n) is 11.0. The highest BCUT2D eigenvalue weighted by Gasteiger charge is 2.35. The van der Waals surface area contributed by atoms with Gasteiger partial charge in [0.2, 0.25) is 0 Å². The van der Waals surface area contributed by atoms with Gasteiger partial charge in [-0.25, -0.2) is 0 Å². The molecule has 8 heteroatoms. The number of pyridine rings is 1. The predicted octanol–water partition coefficient (Wildman–Crippen LogP) is 4.43. The lowest BCUT2D eigenvalue weighted by Gasteiger charge is -2.29. The Morgan fingerprint density at radius 1 is 1.19 bits per heavy atom. The van der Waals surface area contributed by atoms with Crippen LogP contribution in [0.15, 0.2) is 9.70 Å². The van der Waals surface area contributed by atoms with Gasteiger partial charge in [-0.15, -0.1) is 0 Å². The van der Waals surface area contributed by atoms with Crippen LogP contribution in [0.4, 0.5) is 5.82 Å². The Morgan fingerprint density at radius 3 is 2.39 bits per heavy atom. The molecule has 0 spiro atoms. The van der Waals surface area contributed by atoms with Crippen LogP contribution < -0.4 is 10.5 Å². The van der Waals surface area contributed by atoms with Gasteiger partial charge >= 0.3 is 0 Å². The molecule has 3 heterocycles. The number of carbonyl (C=O) groups is 1. The van der Waals surface area contributed by atoms with Crippen molar-refractivity contribution in [1.29, 1.82) is 5.26 Å².